The Morgan fingerprint density at radius 2 is 2.22 bits per heavy atom. The predicted octanol–water partition coefficient (Wildman–Crippen LogP) is 0.328. The lowest BCUT2D eigenvalue weighted by Gasteiger charge is -2.42. The molecule has 1 aromatic rings. The Morgan fingerprint density at radius 3 is 2.87 bits per heavy atom. The van der Waals surface area contributed by atoms with E-state index in [1.807, 2.05) is 0 Å². The molecule has 7 heteroatoms. The van der Waals surface area contributed by atoms with Gasteiger partial charge in [-0.3, -0.25) is 14.6 Å². The number of likely N-dealkylation sites (tertiary alicyclic amines) is 1. The maximum Gasteiger partial charge on any atom is 0.328 e. The second-order valence-corrected chi connectivity index (χ2v) is 6.38. The molecule has 1 fully saturated rings. The number of amides is 1. The van der Waals surface area contributed by atoms with Gasteiger partial charge in [0.25, 0.3) is 5.56 Å². The Labute approximate surface area is 134 Å². The van der Waals surface area contributed by atoms with Gasteiger partial charge < -0.3 is 14.6 Å². The summed E-state index contributed by atoms with van der Waals surface area (Å²) in [4.78, 5) is 39.0. The molecule has 23 heavy (non-hydrogen) atoms. The highest BCUT2D eigenvalue weighted by Gasteiger charge is 2.35. The first kappa shape index (κ1) is 17.5. The number of hydrogen-bond acceptors (Lipinski definition) is 4. The zero-order valence-electron chi connectivity index (χ0n) is 13.6. The third kappa shape index (κ3) is 4.31. The van der Waals surface area contributed by atoms with Crippen molar-refractivity contribution in [2.75, 3.05) is 19.7 Å². The molecule has 2 N–H and O–H groups in total. The number of aryl methyl sites for hydroxylation is 1. The first-order valence-corrected chi connectivity index (χ1v) is 8.18. The highest BCUT2D eigenvalue weighted by molar-refractivity contribution is 5.76. The maximum atomic E-state index is 12.4. The zero-order chi connectivity index (χ0) is 16.9. The molecule has 128 valence electrons. The normalized spacial score (nSPS) is 21.4. The van der Waals surface area contributed by atoms with Gasteiger partial charge in [0.2, 0.25) is 5.91 Å². The van der Waals surface area contributed by atoms with Crippen LogP contribution in [0.1, 0.15) is 39.0 Å². The average molecular weight is 323 g/mol. The molecule has 0 aromatic carbocycles. The van der Waals surface area contributed by atoms with Crippen molar-refractivity contribution >= 4 is 5.91 Å². The monoisotopic (exact) mass is 323 g/mol. The molecule has 1 aromatic heterocycles. The van der Waals surface area contributed by atoms with E-state index in [0.29, 0.717) is 13.1 Å². The molecule has 1 aliphatic heterocycles. The van der Waals surface area contributed by atoms with Crippen LogP contribution in [-0.4, -0.2) is 45.2 Å². The van der Waals surface area contributed by atoms with E-state index in [0.717, 1.165) is 25.7 Å². The van der Waals surface area contributed by atoms with Crippen LogP contribution in [0.3, 0.4) is 0 Å². The maximum absolute atomic E-state index is 12.4. The number of piperidine rings is 1. The van der Waals surface area contributed by atoms with E-state index in [4.69, 9.17) is 0 Å². The van der Waals surface area contributed by atoms with Gasteiger partial charge in [-0.25, -0.2) is 4.79 Å². The van der Waals surface area contributed by atoms with Crippen molar-refractivity contribution in [3.63, 3.8) is 0 Å². The van der Waals surface area contributed by atoms with E-state index in [-0.39, 0.29) is 30.9 Å². The molecule has 2 rings (SSSR count). The summed E-state index contributed by atoms with van der Waals surface area (Å²) in [5.74, 6) is -0.0169. The van der Waals surface area contributed by atoms with E-state index in [1.165, 1.54) is 16.8 Å². The lowest BCUT2D eigenvalue weighted by molar-refractivity contribution is -0.136. The van der Waals surface area contributed by atoms with Crippen molar-refractivity contribution in [2.45, 2.75) is 45.6 Å². The quantitative estimate of drug-likeness (QED) is 0.788. The molecule has 7 nitrogen and oxygen atoms in total. The predicted molar refractivity (Wildman–Crippen MR) is 86.2 cm³/mol. The Hall–Kier alpha value is -1.89. The molecule has 1 atom stereocenters. The van der Waals surface area contributed by atoms with Crippen LogP contribution in [0.4, 0.5) is 0 Å². The van der Waals surface area contributed by atoms with Gasteiger partial charge in [-0.1, -0.05) is 13.3 Å². The van der Waals surface area contributed by atoms with E-state index in [9.17, 15) is 19.5 Å². The standard InChI is InChI=1S/C16H25N3O4/c1-2-6-16(12-20)7-3-8-19(11-16)14(22)5-10-18-9-4-13(21)17-15(18)23/h4,9,20H,2-3,5-8,10-12H2,1H3,(H,17,21,23)/t16-/m1/s1. The summed E-state index contributed by atoms with van der Waals surface area (Å²) in [6.07, 6.45) is 5.34. The lowest BCUT2D eigenvalue weighted by atomic mass is 9.77. The van der Waals surface area contributed by atoms with Gasteiger partial charge in [-0.2, -0.15) is 0 Å². The number of nitrogens with one attached hydrogen (secondary N) is 1. The second kappa shape index (κ2) is 7.59. The summed E-state index contributed by atoms with van der Waals surface area (Å²) in [5, 5.41) is 9.73. The molecule has 1 saturated heterocycles. The number of rotatable bonds is 6. The average Bonchev–Trinajstić information content (AvgIpc) is 2.54. The van der Waals surface area contributed by atoms with Crippen LogP contribution >= 0.6 is 0 Å². The fraction of sp³-hybridized carbons (Fsp3) is 0.688. The minimum atomic E-state index is -0.500. The van der Waals surface area contributed by atoms with E-state index >= 15 is 0 Å². The third-order valence-corrected chi connectivity index (χ3v) is 4.59. The minimum absolute atomic E-state index is 0.0169. The van der Waals surface area contributed by atoms with Crippen LogP contribution in [0.25, 0.3) is 0 Å². The van der Waals surface area contributed by atoms with Gasteiger partial charge in [0.1, 0.15) is 0 Å². The second-order valence-electron chi connectivity index (χ2n) is 6.38. The Balaban J connectivity index is 1.97. The van der Waals surface area contributed by atoms with Gasteiger partial charge in [-0.05, 0) is 19.3 Å². The number of hydrogen-bond donors (Lipinski definition) is 2. The number of aromatic nitrogens is 2. The molecular weight excluding hydrogens is 298 g/mol. The number of H-pyrrole nitrogens is 1. The largest absolute Gasteiger partial charge is 0.396 e. The van der Waals surface area contributed by atoms with Crippen molar-refractivity contribution in [1.29, 1.82) is 0 Å². The van der Waals surface area contributed by atoms with Gasteiger partial charge >= 0.3 is 5.69 Å². The molecular formula is C16H25N3O4. The summed E-state index contributed by atoms with van der Waals surface area (Å²) in [6.45, 7) is 3.71. The van der Waals surface area contributed by atoms with E-state index < -0.39 is 11.2 Å². The smallest absolute Gasteiger partial charge is 0.328 e. The molecule has 2 heterocycles. The number of aliphatic hydroxyl groups is 1. The molecule has 0 bridgehead atoms. The third-order valence-electron chi connectivity index (χ3n) is 4.59. The van der Waals surface area contributed by atoms with Gasteiger partial charge in [-0.15, -0.1) is 0 Å². The topological polar surface area (TPSA) is 95.4 Å². The number of carbonyl (C=O) groups is 1. The fourth-order valence-electron chi connectivity index (χ4n) is 3.36. The van der Waals surface area contributed by atoms with Crippen molar-refractivity contribution in [2.24, 2.45) is 5.41 Å². The summed E-state index contributed by atoms with van der Waals surface area (Å²) < 4.78 is 1.33. The lowest BCUT2D eigenvalue weighted by Crippen LogP contribution is -2.48. The van der Waals surface area contributed by atoms with Crippen LogP contribution in [0.15, 0.2) is 21.9 Å². The first-order valence-electron chi connectivity index (χ1n) is 8.18. The van der Waals surface area contributed by atoms with Crippen molar-refractivity contribution in [3.05, 3.63) is 33.1 Å². The number of nitrogens with zero attached hydrogens (tertiary/aromatic N) is 2. The van der Waals surface area contributed by atoms with Gasteiger partial charge in [0.05, 0.1) is 6.61 Å². The van der Waals surface area contributed by atoms with E-state index in [2.05, 4.69) is 11.9 Å². The molecule has 0 saturated carbocycles. The highest BCUT2D eigenvalue weighted by Crippen LogP contribution is 2.34. The Bertz CT molecular complexity index is 647. The van der Waals surface area contributed by atoms with Crippen molar-refractivity contribution in [1.82, 2.24) is 14.5 Å². The number of aromatic amines is 1. The number of carbonyl (C=O) groups excluding carboxylic acids is 1. The van der Waals surface area contributed by atoms with Crippen molar-refractivity contribution < 1.29 is 9.90 Å². The summed E-state index contributed by atoms with van der Waals surface area (Å²) in [7, 11) is 0. The SMILES string of the molecule is CCC[C@@]1(CO)CCCN(C(=O)CCn2ccc(=O)[nH]c2=O)C1. The van der Waals surface area contributed by atoms with Crippen LogP contribution < -0.4 is 11.2 Å². The minimum Gasteiger partial charge on any atom is -0.396 e. The molecule has 0 spiro atoms. The molecule has 1 amide bonds. The van der Waals surface area contributed by atoms with Crippen LogP contribution in [-0.2, 0) is 11.3 Å². The molecule has 0 aliphatic carbocycles. The molecule has 0 unspecified atom stereocenters. The zero-order valence-corrected chi connectivity index (χ0v) is 13.6. The van der Waals surface area contributed by atoms with Crippen molar-refractivity contribution in [3.8, 4) is 0 Å². The Morgan fingerprint density at radius 1 is 1.43 bits per heavy atom. The van der Waals surface area contributed by atoms with Gasteiger partial charge in [0.15, 0.2) is 0 Å². The first-order chi connectivity index (χ1) is 11.0. The summed E-state index contributed by atoms with van der Waals surface area (Å²) in [5.41, 5.74) is -1.13. The molecule has 1 aliphatic rings. The molecule has 0 radical (unpaired) electrons. The number of aliphatic hydroxyl groups excluding tert-OH is 1. The van der Waals surface area contributed by atoms with Crippen LogP contribution in [0, 0.1) is 5.41 Å². The summed E-state index contributed by atoms with van der Waals surface area (Å²) >= 11 is 0. The summed E-state index contributed by atoms with van der Waals surface area (Å²) in [6, 6.07) is 1.27. The fourth-order valence-corrected chi connectivity index (χ4v) is 3.36. The van der Waals surface area contributed by atoms with Crippen LogP contribution in [0.5, 0.6) is 0 Å². The Kier molecular flexibility index (Phi) is 5.76. The van der Waals surface area contributed by atoms with Crippen LogP contribution in [0.2, 0.25) is 0 Å². The van der Waals surface area contributed by atoms with Gasteiger partial charge in [0, 0.05) is 43.7 Å². The highest BCUT2D eigenvalue weighted by atomic mass is 16.3. The van der Waals surface area contributed by atoms with E-state index in [1.54, 1.807) is 4.90 Å².